The third-order valence-electron chi connectivity index (χ3n) is 7.24. The van der Waals surface area contributed by atoms with Crippen LogP contribution in [0.2, 0.25) is 0 Å². The molecule has 12 heteroatoms. The van der Waals surface area contributed by atoms with E-state index < -0.39 is 11.6 Å². The van der Waals surface area contributed by atoms with E-state index in [0.717, 1.165) is 22.6 Å². The molecule has 0 atom stereocenters. The van der Waals surface area contributed by atoms with E-state index in [4.69, 9.17) is 0 Å². The van der Waals surface area contributed by atoms with Crippen molar-refractivity contribution in [1.29, 1.82) is 0 Å². The number of hydrogen-bond acceptors (Lipinski definition) is 6. The lowest BCUT2D eigenvalue weighted by atomic mass is 9.67. The number of alkyl halides is 3. The molecule has 6 rings (SSSR count). The van der Waals surface area contributed by atoms with Crippen LogP contribution in [0.5, 0.6) is 0 Å². The van der Waals surface area contributed by atoms with Gasteiger partial charge >= 0.3 is 6.18 Å². The fourth-order valence-corrected chi connectivity index (χ4v) is 5.18. The molecule has 9 nitrogen and oxygen atoms in total. The molecule has 0 radical (unpaired) electrons. The van der Waals surface area contributed by atoms with Crippen molar-refractivity contribution in [2.24, 2.45) is 7.05 Å². The van der Waals surface area contributed by atoms with Crippen LogP contribution in [-0.4, -0.2) is 45.3 Å². The number of aromatic nitrogens is 8. The summed E-state index contributed by atoms with van der Waals surface area (Å²) < 4.78 is 47.7. The van der Waals surface area contributed by atoms with Gasteiger partial charge in [0.05, 0.1) is 17.6 Å². The van der Waals surface area contributed by atoms with Gasteiger partial charge in [-0.1, -0.05) is 6.42 Å². The van der Waals surface area contributed by atoms with Crippen LogP contribution in [0.3, 0.4) is 0 Å². The zero-order valence-corrected chi connectivity index (χ0v) is 19.3. The van der Waals surface area contributed by atoms with E-state index in [1.807, 2.05) is 32.3 Å². The Hall–Kier alpha value is -3.70. The van der Waals surface area contributed by atoms with Gasteiger partial charge in [0.25, 0.3) is 0 Å². The highest BCUT2D eigenvalue weighted by atomic mass is 19.4. The molecule has 35 heavy (non-hydrogen) atoms. The molecule has 1 saturated carbocycles. The smallest absolute Gasteiger partial charge is 0.344 e. The Morgan fingerprint density at radius 2 is 1.89 bits per heavy atom. The summed E-state index contributed by atoms with van der Waals surface area (Å²) in [6.07, 6.45) is 2.36. The minimum atomic E-state index is -4.35. The Morgan fingerprint density at radius 3 is 2.57 bits per heavy atom. The van der Waals surface area contributed by atoms with Crippen LogP contribution in [0, 0.1) is 6.92 Å². The van der Waals surface area contributed by atoms with Gasteiger partial charge in [-0.3, -0.25) is 4.68 Å². The second-order valence-corrected chi connectivity index (χ2v) is 9.23. The van der Waals surface area contributed by atoms with Crippen molar-refractivity contribution < 1.29 is 13.2 Å². The second-order valence-electron chi connectivity index (χ2n) is 9.23. The van der Waals surface area contributed by atoms with Gasteiger partial charge < -0.3 is 14.5 Å². The maximum absolute atomic E-state index is 14.1. The lowest BCUT2D eigenvalue weighted by Crippen LogP contribution is -2.49. The fourth-order valence-electron chi connectivity index (χ4n) is 5.18. The van der Waals surface area contributed by atoms with E-state index in [1.165, 1.54) is 0 Å². The Labute approximate surface area is 199 Å². The molecule has 0 saturated heterocycles. The lowest BCUT2D eigenvalue weighted by molar-refractivity contribution is -0.216. The van der Waals surface area contributed by atoms with Gasteiger partial charge in [-0.2, -0.15) is 18.3 Å². The lowest BCUT2D eigenvalue weighted by Gasteiger charge is -2.42. The average Bonchev–Trinajstić information content (AvgIpc) is 3.42. The number of rotatable bonds is 4. The normalized spacial score (nSPS) is 16.8. The number of fused-ring (bicyclic) bond motifs is 3. The highest BCUT2D eigenvalue weighted by Gasteiger charge is 2.62. The summed E-state index contributed by atoms with van der Waals surface area (Å²) in [6.45, 7) is 3.08. The molecule has 0 amide bonds. The summed E-state index contributed by atoms with van der Waals surface area (Å²) in [5.74, 6) is 1.71. The van der Waals surface area contributed by atoms with Gasteiger partial charge in [-0.25, -0.2) is 9.97 Å². The van der Waals surface area contributed by atoms with Gasteiger partial charge in [0.2, 0.25) is 5.95 Å². The summed E-state index contributed by atoms with van der Waals surface area (Å²) in [7, 11) is 1.82. The van der Waals surface area contributed by atoms with E-state index in [9.17, 15) is 13.2 Å². The van der Waals surface area contributed by atoms with E-state index in [1.54, 1.807) is 21.6 Å². The third kappa shape index (κ3) is 3.26. The zero-order chi connectivity index (χ0) is 24.4. The van der Waals surface area contributed by atoms with Gasteiger partial charge in [0, 0.05) is 44.2 Å². The Balaban J connectivity index is 1.41. The molecule has 4 aromatic rings. The molecule has 182 valence electrons. The minimum Gasteiger partial charge on any atom is -0.344 e. The third-order valence-corrected chi connectivity index (χ3v) is 7.24. The monoisotopic (exact) mass is 483 g/mol. The average molecular weight is 484 g/mol. The Bertz CT molecular complexity index is 1410. The first-order valence-electron chi connectivity index (χ1n) is 11.6. The number of anilines is 2. The molecule has 4 aromatic heterocycles. The van der Waals surface area contributed by atoms with Crippen molar-refractivity contribution in [3.63, 3.8) is 0 Å². The van der Waals surface area contributed by atoms with Crippen LogP contribution in [0.25, 0.3) is 22.8 Å². The maximum atomic E-state index is 14.1. The number of halogens is 3. The van der Waals surface area contributed by atoms with Crippen LogP contribution in [0.15, 0.2) is 30.7 Å². The molecule has 1 N–H and O–H groups in total. The molecule has 1 aliphatic heterocycles. The summed E-state index contributed by atoms with van der Waals surface area (Å²) in [6, 6.07) is 3.64. The predicted octanol–water partition coefficient (Wildman–Crippen LogP) is 4.38. The summed E-state index contributed by atoms with van der Waals surface area (Å²) >= 11 is 0. The first-order chi connectivity index (χ1) is 16.8. The standard InChI is InChI=1S/C23H24F3N9/c1-14-15(16-5-9-27-21(29-16)30-17-6-10-28-33(17)2)13-34-11-4-12-35-19(18(14)34)31-32-20(35)22(7-3-8-22)23(24,25)26/h5-6,9-10,13H,3-4,7-8,11-12H2,1-2H3,(H,27,29,30). The van der Waals surface area contributed by atoms with Crippen LogP contribution >= 0.6 is 0 Å². The highest BCUT2D eigenvalue weighted by Crippen LogP contribution is 2.54. The molecule has 2 aliphatic rings. The van der Waals surface area contributed by atoms with E-state index in [2.05, 4.69) is 35.1 Å². The summed E-state index contributed by atoms with van der Waals surface area (Å²) in [5.41, 5.74) is 1.37. The minimum absolute atomic E-state index is 0.0477. The van der Waals surface area contributed by atoms with E-state index >= 15 is 0 Å². The second kappa shape index (κ2) is 7.65. The van der Waals surface area contributed by atoms with Crippen molar-refractivity contribution >= 4 is 11.8 Å². The van der Waals surface area contributed by atoms with Crippen molar-refractivity contribution in [1.82, 2.24) is 39.1 Å². The Kier molecular flexibility index (Phi) is 4.77. The predicted molar refractivity (Wildman–Crippen MR) is 122 cm³/mol. The number of aryl methyl sites for hydroxylation is 2. The molecule has 5 heterocycles. The van der Waals surface area contributed by atoms with Crippen LogP contribution < -0.4 is 5.32 Å². The molecule has 0 unspecified atom stereocenters. The zero-order valence-electron chi connectivity index (χ0n) is 19.3. The molecule has 1 fully saturated rings. The van der Waals surface area contributed by atoms with E-state index in [-0.39, 0.29) is 18.7 Å². The topological polar surface area (TPSA) is 91.3 Å². The SMILES string of the molecule is Cc1c(-c2ccnc(Nc3ccnn3C)n2)cn2c1-c1nnc(C3(C(F)(F)F)CCC3)n1CCC2. The molecule has 1 aliphatic carbocycles. The number of nitrogens with zero attached hydrogens (tertiary/aromatic N) is 8. The maximum Gasteiger partial charge on any atom is 0.401 e. The van der Waals surface area contributed by atoms with Gasteiger partial charge in [-0.15, -0.1) is 10.2 Å². The van der Waals surface area contributed by atoms with E-state index in [0.29, 0.717) is 43.4 Å². The molecule has 0 spiro atoms. The van der Waals surface area contributed by atoms with Crippen molar-refractivity contribution in [3.05, 3.63) is 42.1 Å². The largest absolute Gasteiger partial charge is 0.401 e. The van der Waals surface area contributed by atoms with Crippen molar-refractivity contribution in [2.75, 3.05) is 5.32 Å². The molecule has 0 bridgehead atoms. The van der Waals surface area contributed by atoms with Crippen LogP contribution in [0.4, 0.5) is 24.9 Å². The van der Waals surface area contributed by atoms with Crippen molar-refractivity contribution in [3.8, 4) is 22.8 Å². The first-order valence-corrected chi connectivity index (χ1v) is 11.6. The summed E-state index contributed by atoms with van der Waals surface area (Å²) in [4.78, 5) is 8.98. The first kappa shape index (κ1) is 21.8. The quantitative estimate of drug-likeness (QED) is 0.463. The molecule has 0 aromatic carbocycles. The highest BCUT2D eigenvalue weighted by molar-refractivity contribution is 5.74. The summed E-state index contributed by atoms with van der Waals surface area (Å²) in [5, 5.41) is 15.7. The van der Waals surface area contributed by atoms with Gasteiger partial charge in [0.15, 0.2) is 5.82 Å². The van der Waals surface area contributed by atoms with Gasteiger partial charge in [0.1, 0.15) is 17.1 Å². The fraction of sp³-hybridized carbons (Fsp3) is 0.435. The molecular formula is C23H24F3N9. The number of hydrogen-bond donors (Lipinski definition) is 1. The Morgan fingerprint density at radius 1 is 1.06 bits per heavy atom. The van der Waals surface area contributed by atoms with Crippen LogP contribution in [-0.2, 0) is 25.6 Å². The van der Waals surface area contributed by atoms with Crippen molar-refractivity contribution in [2.45, 2.75) is 57.3 Å². The van der Waals surface area contributed by atoms with Crippen LogP contribution in [0.1, 0.15) is 37.1 Å². The molecular weight excluding hydrogens is 459 g/mol. The van der Waals surface area contributed by atoms with Gasteiger partial charge in [-0.05, 0) is 37.8 Å². The number of nitrogens with one attached hydrogen (secondary N) is 1.